The number of aliphatic hydroxyl groups is 1. The van der Waals surface area contributed by atoms with Gasteiger partial charge in [0.1, 0.15) is 40.7 Å². The summed E-state index contributed by atoms with van der Waals surface area (Å²) in [7, 11) is 1.69. The highest BCUT2D eigenvalue weighted by Gasteiger charge is 2.47. The number of carbonyl (C=O) groups excluding carboxylic acids is 4. The summed E-state index contributed by atoms with van der Waals surface area (Å²) in [6, 6.07) is 9.74. The lowest BCUT2D eigenvalue weighted by Crippen LogP contribution is -2.59. The van der Waals surface area contributed by atoms with Crippen LogP contribution in [-0.2, 0) is 49.2 Å². The van der Waals surface area contributed by atoms with Gasteiger partial charge in [-0.25, -0.2) is 9.97 Å². The average molecular weight is 968 g/mol. The van der Waals surface area contributed by atoms with Crippen LogP contribution in [-0.4, -0.2) is 121 Å². The van der Waals surface area contributed by atoms with E-state index in [1.165, 1.54) is 15.8 Å². The molecule has 70 heavy (non-hydrogen) atoms. The van der Waals surface area contributed by atoms with Gasteiger partial charge in [-0.15, -0.1) is 11.3 Å². The first-order valence-electron chi connectivity index (χ1n) is 24.5. The minimum atomic E-state index is -0.642. The maximum atomic E-state index is 14.0. The number of carbonyl (C=O) groups is 4. The Morgan fingerprint density at radius 2 is 1.80 bits per heavy atom. The number of anilines is 5. The summed E-state index contributed by atoms with van der Waals surface area (Å²) in [4.78, 5) is 86.5. The fraction of sp³-hybridized carbons (Fsp3) is 0.471. The van der Waals surface area contributed by atoms with Crippen LogP contribution in [0.15, 0.2) is 53.7 Å². The molecule has 3 saturated heterocycles. The first-order valence-corrected chi connectivity index (χ1v) is 25.3. The van der Waals surface area contributed by atoms with Crippen LogP contribution < -0.4 is 35.6 Å². The number of pyridine rings is 3. The van der Waals surface area contributed by atoms with Gasteiger partial charge in [-0.05, 0) is 85.9 Å². The molecule has 3 fully saturated rings. The number of ether oxygens (including phenoxy) is 1. The third kappa shape index (κ3) is 7.37. The second-order valence-corrected chi connectivity index (χ2v) is 21.9. The number of imide groups is 1. The van der Waals surface area contributed by atoms with Gasteiger partial charge < -0.3 is 39.0 Å². The Balaban J connectivity index is 0.688. The third-order valence-electron chi connectivity index (χ3n) is 15.7. The normalized spacial score (nSPS) is 24.0. The van der Waals surface area contributed by atoms with Gasteiger partial charge in [0.05, 0.1) is 36.6 Å². The second-order valence-electron chi connectivity index (χ2n) is 20.8. The molecule has 19 heteroatoms. The zero-order chi connectivity index (χ0) is 48.3. The Morgan fingerprint density at radius 3 is 2.59 bits per heavy atom. The Kier molecular flexibility index (Phi) is 10.7. The lowest BCUT2D eigenvalue weighted by molar-refractivity contribution is -0.136. The average Bonchev–Trinajstić information content (AvgIpc) is 4.07. The molecule has 5 aromatic heterocycles. The van der Waals surface area contributed by atoms with Crippen molar-refractivity contribution in [1.29, 1.82) is 0 Å². The van der Waals surface area contributed by atoms with Gasteiger partial charge in [-0.3, -0.25) is 39.1 Å². The third-order valence-corrected chi connectivity index (χ3v) is 16.9. The molecule has 0 bridgehead atoms. The minimum Gasteiger partial charge on any atom is -0.487 e. The van der Waals surface area contributed by atoms with Gasteiger partial charge in [0.2, 0.25) is 11.8 Å². The van der Waals surface area contributed by atoms with E-state index in [0.29, 0.717) is 89.7 Å². The van der Waals surface area contributed by atoms with Gasteiger partial charge in [0.25, 0.3) is 17.4 Å². The zero-order valence-electron chi connectivity index (χ0n) is 39.9. The summed E-state index contributed by atoms with van der Waals surface area (Å²) in [6.45, 7) is 11.9. The monoisotopic (exact) mass is 967 g/mol. The van der Waals surface area contributed by atoms with Crippen molar-refractivity contribution in [1.82, 2.24) is 34.2 Å². The Morgan fingerprint density at radius 1 is 0.943 bits per heavy atom. The SMILES string of the molecule is C[C@H]1CN([C@H]2CCN3c4sc5c(c4OC[C@H]3C2)C(=O)N(C2CCC(=O)NC2=O)C5)CCN1c1ccc(Nc2cc(-c3ccnc(N4CCn5c(cc6c5CC(C)(C)C6)C4=O)c3CO)cn(C)c2=O)nc1. The molecule has 0 radical (unpaired) electrons. The van der Waals surface area contributed by atoms with Crippen LogP contribution in [0.3, 0.4) is 0 Å². The number of aryl methyl sites for hydroxylation is 1. The second kappa shape index (κ2) is 16.8. The molecule has 0 aromatic carbocycles. The number of amides is 4. The molecule has 364 valence electrons. The number of aromatic nitrogens is 4. The van der Waals surface area contributed by atoms with E-state index < -0.39 is 11.9 Å². The number of hydrogen-bond donors (Lipinski definition) is 3. The molecule has 0 saturated carbocycles. The Bertz CT molecular complexity index is 3070. The molecule has 6 aliphatic heterocycles. The van der Waals surface area contributed by atoms with Crippen molar-refractivity contribution in [2.75, 3.05) is 59.3 Å². The molecule has 0 spiro atoms. The van der Waals surface area contributed by atoms with Gasteiger partial charge in [-0.1, -0.05) is 13.8 Å². The van der Waals surface area contributed by atoms with Crippen molar-refractivity contribution in [3.63, 3.8) is 0 Å². The first-order chi connectivity index (χ1) is 33.7. The van der Waals surface area contributed by atoms with Crippen molar-refractivity contribution < 1.29 is 29.0 Å². The van der Waals surface area contributed by atoms with Crippen LogP contribution in [0.4, 0.5) is 28.0 Å². The van der Waals surface area contributed by atoms with Crippen molar-refractivity contribution >= 4 is 63.0 Å². The summed E-state index contributed by atoms with van der Waals surface area (Å²) in [5, 5.41) is 17.5. The lowest BCUT2D eigenvalue weighted by atomic mass is 9.90. The van der Waals surface area contributed by atoms with Crippen LogP contribution >= 0.6 is 11.3 Å². The van der Waals surface area contributed by atoms with Crippen molar-refractivity contribution in [3.8, 4) is 16.9 Å². The van der Waals surface area contributed by atoms with Crippen LogP contribution in [0.25, 0.3) is 11.1 Å². The van der Waals surface area contributed by atoms with E-state index in [0.717, 1.165) is 67.4 Å². The molecule has 5 aromatic rings. The number of hydrogen-bond acceptors (Lipinski definition) is 14. The van der Waals surface area contributed by atoms with Crippen LogP contribution in [0.5, 0.6) is 5.75 Å². The smallest absolute Gasteiger partial charge is 0.276 e. The fourth-order valence-corrected chi connectivity index (χ4v) is 13.7. The van der Waals surface area contributed by atoms with E-state index in [1.807, 2.05) is 30.5 Å². The maximum absolute atomic E-state index is 14.0. The van der Waals surface area contributed by atoms with Crippen molar-refractivity contribution in [3.05, 3.63) is 92.2 Å². The quantitative estimate of drug-likeness (QED) is 0.186. The highest BCUT2D eigenvalue weighted by Crippen LogP contribution is 2.51. The Labute approximate surface area is 408 Å². The summed E-state index contributed by atoms with van der Waals surface area (Å²) in [5.41, 5.74) is 6.88. The van der Waals surface area contributed by atoms with Crippen molar-refractivity contribution in [2.24, 2.45) is 12.5 Å². The summed E-state index contributed by atoms with van der Waals surface area (Å²) in [6.07, 6.45) is 9.65. The van der Waals surface area contributed by atoms with Gasteiger partial charge in [0, 0.05) is 98.9 Å². The van der Waals surface area contributed by atoms with E-state index in [9.17, 15) is 29.1 Å². The zero-order valence-corrected chi connectivity index (χ0v) is 40.7. The fourth-order valence-electron chi connectivity index (χ4n) is 12.3. The predicted molar refractivity (Wildman–Crippen MR) is 264 cm³/mol. The summed E-state index contributed by atoms with van der Waals surface area (Å²) < 4.78 is 10.1. The number of thiophene rings is 1. The highest BCUT2D eigenvalue weighted by atomic mass is 32.1. The molecule has 18 nitrogen and oxygen atoms in total. The van der Waals surface area contributed by atoms with E-state index in [-0.39, 0.29) is 53.8 Å². The van der Waals surface area contributed by atoms with Crippen molar-refractivity contribution in [2.45, 2.75) is 103 Å². The maximum Gasteiger partial charge on any atom is 0.276 e. The molecule has 4 amide bonds. The molecule has 7 aliphatic rings. The molecular formula is C51H57N11O7S. The summed E-state index contributed by atoms with van der Waals surface area (Å²) in [5.74, 6) is 0.566. The van der Waals surface area contributed by atoms with Crippen LogP contribution in [0.2, 0.25) is 0 Å². The predicted octanol–water partition coefficient (Wildman–Crippen LogP) is 4.43. The van der Waals surface area contributed by atoms with Gasteiger partial charge in [0.15, 0.2) is 5.75 Å². The molecule has 3 N–H and O–H groups in total. The Hall–Kier alpha value is -6.57. The standard InChI is InChI=1S/C51H57N11O7S/c1-28-23-57(31-10-12-59-33(19-31)27-69-44-43-40(70-50(44)59)25-62(49(43)68)37-6-8-42(64)55-46(37)65)13-14-58(28)32-5-7-41(53-22-32)54-36-17-30(24-56(4)47(36)66)34-9-11-52-45(35(34)26-63)61-16-15-60-38(48(61)67)18-29-20-51(2,3)21-39(29)60/h5,7,9,11,17-18,22,24,28,31,33,37,63H,6,8,10,12-16,19-21,23,25-27H2,1-4H3,(H,53,54)(H,55,64,65)/t28-,31-,33+,37?/m0/s1. The number of piperidine rings is 2. The molecule has 1 unspecified atom stereocenters. The van der Waals surface area contributed by atoms with Crippen LogP contribution in [0.1, 0.15) is 89.0 Å². The molecule has 1 aliphatic carbocycles. The number of aliphatic hydroxyl groups excluding tert-OH is 1. The molecule has 11 heterocycles. The number of nitrogens with one attached hydrogen (secondary N) is 2. The van der Waals surface area contributed by atoms with Crippen LogP contribution in [0, 0.1) is 5.41 Å². The van der Waals surface area contributed by atoms with E-state index in [4.69, 9.17) is 9.72 Å². The minimum absolute atomic E-state index is 0.130. The first kappa shape index (κ1) is 44.6. The molecule has 4 atom stereocenters. The largest absolute Gasteiger partial charge is 0.487 e. The molecule has 12 rings (SSSR count). The van der Waals surface area contributed by atoms with E-state index in [1.54, 1.807) is 46.6 Å². The number of rotatable bonds is 8. The van der Waals surface area contributed by atoms with E-state index >= 15 is 0 Å². The highest BCUT2D eigenvalue weighted by molar-refractivity contribution is 7.17. The van der Waals surface area contributed by atoms with Gasteiger partial charge in [-0.2, -0.15) is 0 Å². The lowest BCUT2D eigenvalue weighted by Gasteiger charge is -2.49. The topological polar surface area (TPSA) is 191 Å². The van der Waals surface area contributed by atoms with Gasteiger partial charge >= 0.3 is 0 Å². The summed E-state index contributed by atoms with van der Waals surface area (Å²) >= 11 is 1.60. The number of fused-ring (bicyclic) bond motifs is 8. The van der Waals surface area contributed by atoms with E-state index in [2.05, 4.69) is 55.7 Å². The number of nitrogens with zero attached hydrogens (tertiary/aromatic N) is 9. The number of piperazine rings is 1. The molecular weight excluding hydrogens is 911 g/mol.